The average Bonchev–Trinajstić information content (AvgIpc) is 3.33. The number of H-pyrrole nitrogens is 1. The lowest BCUT2D eigenvalue weighted by atomic mass is 10.1. The number of aromatic nitrogens is 2. The van der Waals surface area contributed by atoms with Gasteiger partial charge in [-0.15, -0.1) is 0 Å². The quantitative estimate of drug-likeness (QED) is 0.0936. The van der Waals surface area contributed by atoms with Gasteiger partial charge in [0.25, 0.3) is 0 Å². The summed E-state index contributed by atoms with van der Waals surface area (Å²) >= 11 is 1.44. The van der Waals surface area contributed by atoms with E-state index in [-0.39, 0.29) is 19.3 Å². The molecule has 202 valence electrons. The van der Waals surface area contributed by atoms with Crippen LogP contribution in [0.3, 0.4) is 0 Å². The molecule has 0 aliphatic rings. The number of aliphatic carboxylic acids is 1. The van der Waals surface area contributed by atoms with Crippen molar-refractivity contribution in [3.05, 3.63) is 18.2 Å². The van der Waals surface area contributed by atoms with Crippen LogP contribution < -0.4 is 33.2 Å². The summed E-state index contributed by atoms with van der Waals surface area (Å²) in [5, 5.41) is 17.1. The van der Waals surface area contributed by atoms with Gasteiger partial charge >= 0.3 is 5.97 Å². The summed E-state index contributed by atoms with van der Waals surface area (Å²) in [6.07, 6.45) is 5.79. The largest absolute Gasteiger partial charge is 0.480 e. The van der Waals surface area contributed by atoms with Crippen molar-refractivity contribution in [2.45, 2.75) is 62.7 Å². The number of carboxylic acid groups (broad SMARTS) is 1. The van der Waals surface area contributed by atoms with E-state index in [4.69, 9.17) is 17.2 Å². The molecule has 15 heteroatoms. The Kier molecular flexibility index (Phi) is 14.1. The Morgan fingerprint density at radius 1 is 1.03 bits per heavy atom. The molecule has 4 unspecified atom stereocenters. The van der Waals surface area contributed by atoms with Gasteiger partial charge in [0.15, 0.2) is 0 Å². The van der Waals surface area contributed by atoms with E-state index in [1.54, 1.807) is 0 Å². The Labute approximate surface area is 213 Å². The summed E-state index contributed by atoms with van der Waals surface area (Å²) < 4.78 is 0. The summed E-state index contributed by atoms with van der Waals surface area (Å²) in [7, 11) is 0. The Bertz CT molecular complexity index is 869. The van der Waals surface area contributed by atoms with Crippen molar-refractivity contribution in [3.63, 3.8) is 0 Å². The van der Waals surface area contributed by atoms with Crippen molar-refractivity contribution in [3.8, 4) is 0 Å². The summed E-state index contributed by atoms with van der Waals surface area (Å²) in [5.74, 6) is -3.59. The molecule has 1 aromatic heterocycles. The predicted octanol–water partition coefficient (Wildman–Crippen LogP) is -2.42. The normalized spacial score (nSPS) is 14.2. The molecule has 4 atom stereocenters. The molecule has 14 nitrogen and oxygen atoms in total. The molecule has 1 heterocycles. The van der Waals surface area contributed by atoms with Gasteiger partial charge in [0.2, 0.25) is 23.6 Å². The highest BCUT2D eigenvalue weighted by Gasteiger charge is 2.30. The van der Waals surface area contributed by atoms with E-state index in [1.807, 2.05) is 6.26 Å². The molecule has 1 aromatic rings. The zero-order valence-corrected chi connectivity index (χ0v) is 21.0. The van der Waals surface area contributed by atoms with Crippen LogP contribution in [-0.4, -0.2) is 87.4 Å². The van der Waals surface area contributed by atoms with Gasteiger partial charge in [0.1, 0.15) is 18.1 Å². The molecule has 4 amide bonds. The van der Waals surface area contributed by atoms with Crippen LogP contribution in [-0.2, 0) is 30.4 Å². The minimum Gasteiger partial charge on any atom is -0.480 e. The van der Waals surface area contributed by atoms with Gasteiger partial charge in [-0.05, 0) is 44.2 Å². The lowest BCUT2D eigenvalue weighted by Gasteiger charge is -2.25. The van der Waals surface area contributed by atoms with Crippen LogP contribution in [0.5, 0.6) is 0 Å². The highest BCUT2D eigenvalue weighted by atomic mass is 32.2. The standard InChI is InChI=1S/C21H36N8O6S/c1-36-7-5-14(27-18(31)13(23)9-17(24)30)19(32)29-16(8-12-10-25-11-26-12)20(33)28-15(21(34)35)4-2-3-6-22/h10-11,13-16H,2-9,22-23H2,1H3,(H2,24,30)(H,25,26)(H,27,31)(H,28,33)(H,29,32)(H,34,35). The number of hydrogen-bond acceptors (Lipinski definition) is 9. The second-order valence-electron chi connectivity index (χ2n) is 8.15. The molecular formula is C21H36N8O6S. The first-order chi connectivity index (χ1) is 17.1. The van der Waals surface area contributed by atoms with Crippen LogP contribution in [0, 0.1) is 0 Å². The maximum absolute atomic E-state index is 13.1. The number of nitrogens with two attached hydrogens (primary N) is 3. The Morgan fingerprint density at radius 3 is 2.22 bits per heavy atom. The number of nitrogens with zero attached hydrogens (tertiary/aromatic N) is 1. The third-order valence-corrected chi connectivity index (χ3v) is 5.82. The maximum atomic E-state index is 13.1. The van der Waals surface area contributed by atoms with E-state index in [2.05, 4.69) is 25.9 Å². The molecular weight excluding hydrogens is 492 g/mol. The first-order valence-corrected chi connectivity index (χ1v) is 12.8. The van der Waals surface area contributed by atoms with Gasteiger partial charge in [0.05, 0.1) is 18.8 Å². The average molecular weight is 529 g/mol. The minimum absolute atomic E-state index is 0.00288. The number of nitrogens with one attached hydrogen (secondary N) is 4. The number of aromatic amines is 1. The molecule has 0 fully saturated rings. The fourth-order valence-corrected chi connectivity index (χ4v) is 3.68. The van der Waals surface area contributed by atoms with Crippen LogP contribution >= 0.6 is 11.8 Å². The summed E-state index contributed by atoms with van der Waals surface area (Å²) in [5.41, 5.74) is 16.7. The smallest absolute Gasteiger partial charge is 0.326 e. The van der Waals surface area contributed by atoms with Gasteiger partial charge in [-0.2, -0.15) is 11.8 Å². The fourth-order valence-electron chi connectivity index (χ4n) is 3.21. The van der Waals surface area contributed by atoms with E-state index in [1.165, 1.54) is 24.3 Å². The summed E-state index contributed by atoms with van der Waals surface area (Å²) in [6, 6.07) is -4.62. The lowest BCUT2D eigenvalue weighted by Crippen LogP contribution is -2.58. The van der Waals surface area contributed by atoms with Gasteiger partial charge in [0, 0.05) is 18.3 Å². The third-order valence-electron chi connectivity index (χ3n) is 5.17. The topological polar surface area (TPSA) is 248 Å². The maximum Gasteiger partial charge on any atom is 0.326 e. The van der Waals surface area contributed by atoms with Crippen molar-refractivity contribution < 1.29 is 29.1 Å². The predicted molar refractivity (Wildman–Crippen MR) is 133 cm³/mol. The van der Waals surface area contributed by atoms with Crippen molar-refractivity contribution >= 4 is 41.4 Å². The molecule has 0 bridgehead atoms. The van der Waals surface area contributed by atoms with E-state index in [9.17, 15) is 29.1 Å². The van der Waals surface area contributed by atoms with E-state index in [0.717, 1.165) is 0 Å². The number of hydrogen-bond donors (Lipinski definition) is 8. The highest BCUT2D eigenvalue weighted by Crippen LogP contribution is 2.07. The SMILES string of the molecule is CSCCC(NC(=O)C(N)CC(N)=O)C(=O)NC(Cc1cnc[nH]1)C(=O)NC(CCCCN)C(=O)O. The van der Waals surface area contributed by atoms with Crippen LogP contribution in [0.2, 0.25) is 0 Å². The van der Waals surface area contributed by atoms with Gasteiger partial charge in [-0.25, -0.2) is 9.78 Å². The van der Waals surface area contributed by atoms with Crippen molar-refractivity contribution in [1.29, 1.82) is 0 Å². The van der Waals surface area contributed by atoms with Gasteiger partial charge < -0.3 is 43.2 Å². The molecule has 11 N–H and O–H groups in total. The zero-order chi connectivity index (χ0) is 27.1. The summed E-state index contributed by atoms with van der Waals surface area (Å²) in [6.45, 7) is 0.394. The lowest BCUT2D eigenvalue weighted by molar-refractivity contribution is -0.142. The molecule has 0 radical (unpaired) electrons. The monoisotopic (exact) mass is 528 g/mol. The Morgan fingerprint density at radius 2 is 1.67 bits per heavy atom. The van der Waals surface area contributed by atoms with E-state index < -0.39 is 60.2 Å². The summed E-state index contributed by atoms with van der Waals surface area (Å²) in [4.78, 5) is 68.0. The molecule has 0 saturated carbocycles. The second kappa shape index (κ2) is 16.5. The molecule has 0 aromatic carbocycles. The fraction of sp³-hybridized carbons (Fsp3) is 0.619. The molecule has 0 saturated heterocycles. The van der Waals surface area contributed by atoms with Crippen molar-refractivity contribution in [2.75, 3.05) is 18.6 Å². The van der Waals surface area contributed by atoms with Crippen molar-refractivity contribution in [1.82, 2.24) is 25.9 Å². The number of unbranched alkanes of at least 4 members (excludes halogenated alkanes) is 1. The molecule has 1 rings (SSSR count). The number of imidazole rings is 1. The number of carbonyl (C=O) groups excluding carboxylic acids is 4. The number of carboxylic acids is 1. The highest BCUT2D eigenvalue weighted by molar-refractivity contribution is 7.98. The Hall–Kier alpha value is -3.17. The molecule has 0 aliphatic heterocycles. The van der Waals surface area contributed by atoms with E-state index >= 15 is 0 Å². The number of amides is 4. The number of rotatable bonds is 18. The molecule has 0 aliphatic carbocycles. The number of carbonyl (C=O) groups is 5. The first kappa shape index (κ1) is 30.9. The first-order valence-electron chi connectivity index (χ1n) is 11.4. The van der Waals surface area contributed by atoms with Crippen LogP contribution in [0.15, 0.2) is 12.5 Å². The molecule has 36 heavy (non-hydrogen) atoms. The van der Waals surface area contributed by atoms with Crippen molar-refractivity contribution in [2.24, 2.45) is 17.2 Å². The molecule has 0 spiro atoms. The Balaban J connectivity index is 3.01. The van der Waals surface area contributed by atoms with Crippen LogP contribution in [0.25, 0.3) is 0 Å². The second-order valence-corrected chi connectivity index (χ2v) is 9.13. The van der Waals surface area contributed by atoms with Crippen LogP contribution in [0.4, 0.5) is 0 Å². The van der Waals surface area contributed by atoms with E-state index in [0.29, 0.717) is 30.8 Å². The number of primary amides is 1. The number of thioether (sulfide) groups is 1. The van der Waals surface area contributed by atoms with Crippen LogP contribution in [0.1, 0.15) is 37.8 Å². The third kappa shape index (κ3) is 11.5. The zero-order valence-electron chi connectivity index (χ0n) is 20.2. The minimum atomic E-state index is -1.24. The van der Waals surface area contributed by atoms with Gasteiger partial charge in [-0.1, -0.05) is 0 Å². The van der Waals surface area contributed by atoms with Gasteiger partial charge in [-0.3, -0.25) is 19.2 Å².